The van der Waals surface area contributed by atoms with Crippen molar-refractivity contribution in [3.8, 4) is 16.9 Å². The first kappa shape index (κ1) is 22.8. The number of unbranched alkanes of at least 4 members (excludes halogenated alkanes) is 1. The second-order valence-electron chi connectivity index (χ2n) is 8.63. The van der Waals surface area contributed by atoms with Gasteiger partial charge in [-0.3, -0.25) is 4.79 Å². The third-order valence-corrected chi connectivity index (χ3v) is 6.31. The van der Waals surface area contributed by atoms with E-state index in [1.165, 1.54) is 0 Å². The van der Waals surface area contributed by atoms with Crippen molar-refractivity contribution in [2.75, 3.05) is 6.61 Å². The fourth-order valence-corrected chi connectivity index (χ4v) is 4.56. The Morgan fingerprint density at radius 1 is 0.879 bits per heavy atom. The van der Waals surface area contributed by atoms with Gasteiger partial charge in [0.15, 0.2) is 11.3 Å². The molecule has 0 saturated heterocycles. The van der Waals surface area contributed by atoms with Crippen molar-refractivity contribution >= 4 is 11.6 Å². The number of nitrogens with two attached hydrogens (primary N) is 1. The number of ketones is 1. The van der Waals surface area contributed by atoms with Gasteiger partial charge in [-0.1, -0.05) is 87.4 Å². The van der Waals surface area contributed by atoms with Crippen LogP contribution in [0.5, 0.6) is 5.75 Å². The van der Waals surface area contributed by atoms with Gasteiger partial charge in [-0.25, -0.2) is 4.99 Å². The average Bonchev–Trinajstić information content (AvgIpc) is 3.11. The SMILES string of the molecule is CCCCOc1cccc(-c2cccc(C3(c4ccccc4)N=C(N)C(CCC)C3=O)c2)c1. The molecule has 33 heavy (non-hydrogen) atoms. The normalized spacial score (nSPS) is 20.0. The lowest BCUT2D eigenvalue weighted by Gasteiger charge is -2.27. The van der Waals surface area contributed by atoms with Crippen LogP contribution in [0.2, 0.25) is 0 Å². The molecule has 0 amide bonds. The number of carbonyl (C=O) groups is 1. The molecular weight excluding hydrogens is 408 g/mol. The third kappa shape index (κ3) is 4.43. The van der Waals surface area contributed by atoms with Crippen LogP contribution < -0.4 is 10.5 Å². The monoisotopic (exact) mass is 440 g/mol. The Morgan fingerprint density at radius 3 is 2.30 bits per heavy atom. The fourth-order valence-electron chi connectivity index (χ4n) is 4.56. The number of hydrogen-bond donors (Lipinski definition) is 1. The van der Waals surface area contributed by atoms with Crippen LogP contribution in [-0.4, -0.2) is 18.2 Å². The lowest BCUT2D eigenvalue weighted by molar-refractivity contribution is -0.124. The van der Waals surface area contributed by atoms with E-state index in [0.717, 1.165) is 47.3 Å². The van der Waals surface area contributed by atoms with E-state index >= 15 is 0 Å². The zero-order valence-corrected chi connectivity index (χ0v) is 19.5. The summed E-state index contributed by atoms with van der Waals surface area (Å²) < 4.78 is 5.91. The molecule has 1 aliphatic rings. The molecule has 3 aromatic carbocycles. The molecule has 170 valence electrons. The molecule has 0 spiro atoms. The number of aliphatic imine (C=N–C) groups is 1. The summed E-state index contributed by atoms with van der Waals surface area (Å²) in [5.41, 5.74) is 8.99. The molecule has 2 unspecified atom stereocenters. The maximum absolute atomic E-state index is 13.9. The molecule has 2 N–H and O–H groups in total. The summed E-state index contributed by atoms with van der Waals surface area (Å²) >= 11 is 0. The van der Waals surface area contributed by atoms with Crippen LogP contribution in [0.15, 0.2) is 83.9 Å². The van der Waals surface area contributed by atoms with E-state index < -0.39 is 5.54 Å². The minimum absolute atomic E-state index is 0.0573. The van der Waals surface area contributed by atoms with Gasteiger partial charge in [-0.15, -0.1) is 0 Å². The Bertz CT molecular complexity index is 1140. The summed E-state index contributed by atoms with van der Waals surface area (Å²) in [7, 11) is 0. The number of carbonyl (C=O) groups excluding carboxylic acids is 1. The Kier molecular flexibility index (Phi) is 6.93. The largest absolute Gasteiger partial charge is 0.494 e. The fraction of sp³-hybridized carbons (Fsp3) is 0.310. The topological polar surface area (TPSA) is 64.7 Å². The smallest absolute Gasteiger partial charge is 0.180 e. The minimum atomic E-state index is -1.11. The van der Waals surface area contributed by atoms with Crippen molar-refractivity contribution in [1.29, 1.82) is 0 Å². The number of benzene rings is 3. The molecule has 4 rings (SSSR count). The van der Waals surface area contributed by atoms with E-state index in [0.29, 0.717) is 18.9 Å². The van der Waals surface area contributed by atoms with Crippen LogP contribution in [-0.2, 0) is 10.3 Å². The molecule has 0 bridgehead atoms. The van der Waals surface area contributed by atoms with Crippen LogP contribution in [0, 0.1) is 5.92 Å². The lowest BCUT2D eigenvalue weighted by atomic mass is 9.76. The van der Waals surface area contributed by atoms with Crippen LogP contribution in [0.3, 0.4) is 0 Å². The quantitative estimate of drug-likeness (QED) is 0.407. The van der Waals surface area contributed by atoms with E-state index in [-0.39, 0.29) is 11.7 Å². The van der Waals surface area contributed by atoms with Gasteiger partial charge >= 0.3 is 0 Å². The third-order valence-electron chi connectivity index (χ3n) is 6.31. The molecule has 0 aliphatic carbocycles. The van der Waals surface area contributed by atoms with Gasteiger partial charge in [-0.2, -0.15) is 0 Å². The first-order valence-electron chi connectivity index (χ1n) is 11.9. The van der Waals surface area contributed by atoms with E-state index in [2.05, 4.69) is 38.1 Å². The maximum Gasteiger partial charge on any atom is 0.180 e. The molecular formula is C29H32N2O2. The summed E-state index contributed by atoms with van der Waals surface area (Å²) in [4.78, 5) is 18.7. The zero-order valence-electron chi connectivity index (χ0n) is 19.5. The highest BCUT2D eigenvalue weighted by molar-refractivity contribution is 6.14. The van der Waals surface area contributed by atoms with E-state index in [1.807, 2.05) is 54.6 Å². The van der Waals surface area contributed by atoms with E-state index in [1.54, 1.807) is 0 Å². The second-order valence-corrected chi connectivity index (χ2v) is 8.63. The Morgan fingerprint density at radius 2 is 1.58 bits per heavy atom. The van der Waals surface area contributed by atoms with E-state index in [4.69, 9.17) is 15.5 Å². The van der Waals surface area contributed by atoms with Gasteiger partial charge in [0.1, 0.15) is 11.6 Å². The number of rotatable bonds is 9. The molecule has 4 nitrogen and oxygen atoms in total. The highest BCUT2D eigenvalue weighted by Gasteiger charge is 2.50. The molecule has 1 heterocycles. The Labute approximate surface area is 196 Å². The number of Topliss-reactive ketones (excluding diaryl/α,β-unsaturated/α-hetero) is 1. The zero-order chi connectivity index (χ0) is 23.3. The van der Waals surface area contributed by atoms with E-state index in [9.17, 15) is 4.79 Å². The summed E-state index contributed by atoms with van der Waals surface area (Å²) in [6.45, 7) is 4.93. The predicted octanol–water partition coefficient (Wildman–Crippen LogP) is 6.13. The molecule has 2 atom stereocenters. The number of hydrogen-bond acceptors (Lipinski definition) is 4. The average molecular weight is 441 g/mol. The number of amidine groups is 1. The van der Waals surface area contributed by atoms with Crippen molar-refractivity contribution in [2.45, 2.75) is 45.1 Å². The van der Waals surface area contributed by atoms with Crippen LogP contribution in [0.25, 0.3) is 11.1 Å². The highest BCUT2D eigenvalue weighted by Crippen LogP contribution is 2.43. The van der Waals surface area contributed by atoms with Gasteiger partial charge in [-0.05, 0) is 53.3 Å². The molecule has 1 aliphatic heterocycles. The number of nitrogens with zero attached hydrogens (tertiary/aromatic N) is 1. The van der Waals surface area contributed by atoms with Gasteiger partial charge in [0.25, 0.3) is 0 Å². The van der Waals surface area contributed by atoms with Crippen LogP contribution in [0.1, 0.15) is 50.7 Å². The first-order chi connectivity index (χ1) is 16.1. The van der Waals surface area contributed by atoms with Crippen molar-refractivity contribution < 1.29 is 9.53 Å². The van der Waals surface area contributed by atoms with Crippen molar-refractivity contribution in [3.63, 3.8) is 0 Å². The summed E-state index contributed by atoms with van der Waals surface area (Å²) in [6.07, 6.45) is 3.71. The minimum Gasteiger partial charge on any atom is -0.494 e. The molecule has 0 radical (unpaired) electrons. The Balaban J connectivity index is 1.78. The molecule has 0 aromatic heterocycles. The maximum atomic E-state index is 13.9. The molecule has 0 fully saturated rings. The van der Waals surface area contributed by atoms with Crippen LogP contribution >= 0.6 is 0 Å². The van der Waals surface area contributed by atoms with Gasteiger partial charge in [0.05, 0.1) is 12.5 Å². The number of ether oxygens (including phenoxy) is 1. The highest BCUT2D eigenvalue weighted by atomic mass is 16.5. The van der Waals surface area contributed by atoms with Gasteiger partial charge in [0, 0.05) is 0 Å². The Hall–Kier alpha value is -3.40. The second kappa shape index (κ2) is 10.0. The van der Waals surface area contributed by atoms with Gasteiger partial charge < -0.3 is 10.5 Å². The molecule has 3 aromatic rings. The predicted molar refractivity (Wildman–Crippen MR) is 135 cm³/mol. The standard InChI is InChI=1S/C29H32N2O2/c1-3-5-18-33-25-17-10-13-22(20-25)21-12-9-16-24(19-21)29(23-14-7-6-8-15-23)27(32)26(11-4-2)28(30)31-29/h6-10,12-17,19-20,26H,3-5,11,18H2,1-2H3,(H2,30,31). The molecule has 0 saturated carbocycles. The van der Waals surface area contributed by atoms with Crippen LogP contribution in [0.4, 0.5) is 0 Å². The summed E-state index contributed by atoms with van der Waals surface area (Å²) in [5.74, 6) is 0.991. The van der Waals surface area contributed by atoms with Crippen molar-refractivity contribution in [3.05, 3.63) is 90.0 Å². The molecule has 4 heteroatoms. The van der Waals surface area contributed by atoms with Gasteiger partial charge in [0.2, 0.25) is 0 Å². The lowest BCUT2D eigenvalue weighted by Crippen LogP contribution is -2.36. The summed E-state index contributed by atoms with van der Waals surface area (Å²) in [5, 5.41) is 0. The van der Waals surface area contributed by atoms with Crippen molar-refractivity contribution in [2.24, 2.45) is 16.6 Å². The van der Waals surface area contributed by atoms with Crippen molar-refractivity contribution in [1.82, 2.24) is 0 Å². The summed E-state index contributed by atoms with van der Waals surface area (Å²) in [6, 6.07) is 26.0. The first-order valence-corrected chi connectivity index (χ1v) is 11.9.